The van der Waals surface area contributed by atoms with Crippen LogP contribution >= 0.6 is 11.3 Å². The number of aryl methyl sites for hydroxylation is 2. The van der Waals surface area contributed by atoms with Gasteiger partial charge in [-0.2, -0.15) is 0 Å². The number of rotatable bonds is 6. The fourth-order valence-electron chi connectivity index (χ4n) is 4.31. The molecule has 1 saturated heterocycles. The van der Waals surface area contributed by atoms with Gasteiger partial charge < -0.3 is 14.5 Å². The van der Waals surface area contributed by atoms with Crippen LogP contribution in [0.2, 0.25) is 0 Å². The Hall–Kier alpha value is -3.52. The van der Waals surface area contributed by atoms with Crippen molar-refractivity contribution in [1.82, 2.24) is 15.0 Å². The van der Waals surface area contributed by atoms with E-state index in [0.29, 0.717) is 23.8 Å². The number of nitrogens with zero attached hydrogens (tertiary/aromatic N) is 5. The van der Waals surface area contributed by atoms with Crippen LogP contribution in [-0.4, -0.2) is 53.7 Å². The lowest BCUT2D eigenvalue weighted by Gasteiger charge is -2.35. The Morgan fingerprint density at radius 1 is 1.03 bits per heavy atom. The van der Waals surface area contributed by atoms with Gasteiger partial charge in [0.2, 0.25) is 0 Å². The number of hydrogen-bond donors (Lipinski definition) is 0. The van der Waals surface area contributed by atoms with Gasteiger partial charge in [0.25, 0.3) is 0 Å². The van der Waals surface area contributed by atoms with E-state index in [1.807, 2.05) is 25.1 Å². The van der Waals surface area contributed by atoms with Crippen LogP contribution in [0.4, 0.5) is 10.9 Å². The molecule has 7 nitrogen and oxygen atoms in total. The summed E-state index contributed by atoms with van der Waals surface area (Å²) in [5.41, 5.74) is 4.85. The molecule has 0 amide bonds. The molecule has 8 heteroatoms. The summed E-state index contributed by atoms with van der Waals surface area (Å²) < 4.78 is 6.53. The number of carbonyl (C=O) groups excluding carboxylic acids is 1. The summed E-state index contributed by atoms with van der Waals surface area (Å²) in [6, 6.07) is 14.6. The first-order valence-electron chi connectivity index (χ1n) is 12.1. The average Bonchev–Trinajstić information content (AvgIpc) is 3.32. The second kappa shape index (κ2) is 10.00. The van der Waals surface area contributed by atoms with Crippen molar-refractivity contribution in [2.24, 2.45) is 0 Å². The van der Waals surface area contributed by atoms with Crippen molar-refractivity contribution in [2.75, 3.05) is 42.6 Å². The lowest BCUT2D eigenvalue weighted by atomic mass is 10.1. The number of ether oxygens (including phenoxy) is 1. The van der Waals surface area contributed by atoms with Gasteiger partial charge in [-0.05, 0) is 44.0 Å². The van der Waals surface area contributed by atoms with Crippen LogP contribution in [0.1, 0.15) is 35.3 Å². The van der Waals surface area contributed by atoms with E-state index in [2.05, 4.69) is 46.0 Å². The molecule has 0 bridgehead atoms. The SMILES string of the molecule is CCOC(=O)c1cnc(-c2cccc(C)c2)nc1N1CCN(c2nc3ccc(CC)cc3s2)CC1. The summed E-state index contributed by atoms with van der Waals surface area (Å²) in [5, 5.41) is 1.04. The van der Waals surface area contributed by atoms with Crippen LogP contribution in [0.15, 0.2) is 48.7 Å². The van der Waals surface area contributed by atoms with E-state index in [9.17, 15) is 4.79 Å². The molecule has 0 N–H and O–H groups in total. The Balaban J connectivity index is 1.40. The Morgan fingerprint density at radius 2 is 1.83 bits per heavy atom. The number of carbonyl (C=O) groups is 1. The van der Waals surface area contributed by atoms with E-state index in [1.165, 1.54) is 10.3 Å². The molecule has 1 fully saturated rings. The van der Waals surface area contributed by atoms with Crippen molar-refractivity contribution < 1.29 is 9.53 Å². The van der Waals surface area contributed by atoms with Crippen LogP contribution < -0.4 is 9.80 Å². The quantitative estimate of drug-likeness (QED) is 0.349. The van der Waals surface area contributed by atoms with Gasteiger partial charge in [0, 0.05) is 37.9 Å². The second-order valence-corrected chi connectivity index (χ2v) is 9.66. The van der Waals surface area contributed by atoms with E-state index in [1.54, 1.807) is 24.5 Å². The van der Waals surface area contributed by atoms with Crippen LogP contribution in [0, 0.1) is 6.92 Å². The number of fused-ring (bicyclic) bond motifs is 1. The number of hydrogen-bond acceptors (Lipinski definition) is 8. The van der Waals surface area contributed by atoms with E-state index in [4.69, 9.17) is 14.7 Å². The molecule has 4 aromatic rings. The van der Waals surface area contributed by atoms with Crippen molar-refractivity contribution in [3.8, 4) is 11.4 Å². The molecule has 0 radical (unpaired) electrons. The van der Waals surface area contributed by atoms with Gasteiger partial charge in [0.05, 0.1) is 16.8 Å². The molecule has 1 aliphatic heterocycles. The third-order valence-corrected chi connectivity index (χ3v) is 7.32. The average molecular weight is 488 g/mol. The highest BCUT2D eigenvalue weighted by molar-refractivity contribution is 7.22. The normalized spacial score (nSPS) is 13.9. The number of benzene rings is 2. The molecule has 0 aliphatic carbocycles. The monoisotopic (exact) mass is 487 g/mol. The van der Waals surface area contributed by atoms with Crippen molar-refractivity contribution in [3.63, 3.8) is 0 Å². The Kier molecular flexibility index (Phi) is 6.63. The minimum absolute atomic E-state index is 0.309. The molecular formula is C27H29N5O2S. The molecule has 180 valence electrons. The molecule has 1 aliphatic rings. The number of piperazine rings is 1. The largest absolute Gasteiger partial charge is 0.462 e. The zero-order valence-corrected chi connectivity index (χ0v) is 21.1. The molecule has 5 rings (SSSR count). The molecule has 0 spiro atoms. The van der Waals surface area contributed by atoms with E-state index in [0.717, 1.165) is 54.4 Å². The minimum atomic E-state index is -0.390. The zero-order valence-electron chi connectivity index (χ0n) is 20.3. The first-order chi connectivity index (χ1) is 17.1. The van der Waals surface area contributed by atoms with Gasteiger partial charge >= 0.3 is 5.97 Å². The van der Waals surface area contributed by atoms with Crippen LogP contribution in [0.25, 0.3) is 21.6 Å². The Bertz CT molecular complexity index is 1360. The summed E-state index contributed by atoms with van der Waals surface area (Å²) in [6.07, 6.45) is 2.62. The fraction of sp³-hybridized carbons (Fsp3) is 0.333. The summed E-state index contributed by atoms with van der Waals surface area (Å²) >= 11 is 1.74. The van der Waals surface area contributed by atoms with Crippen molar-refractivity contribution in [3.05, 3.63) is 65.4 Å². The van der Waals surface area contributed by atoms with Gasteiger partial charge in [-0.25, -0.2) is 19.7 Å². The third kappa shape index (κ3) is 4.84. The zero-order chi connectivity index (χ0) is 24.4. The predicted octanol–water partition coefficient (Wildman–Crippen LogP) is 5.13. The number of aromatic nitrogens is 3. The standard InChI is InChI=1S/C27H29N5O2S/c1-4-19-9-10-22-23(16-19)35-27(29-22)32-13-11-31(12-14-32)25-21(26(33)34-5-2)17-28-24(30-25)20-8-6-7-18(3)15-20/h6-10,15-17H,4-5,11-14H2,1-3H3. The number of thiazole rings is 1. The molecule has 0 saturated carbocycles. The minimum Gasteiger partial charge on any atom is -0.462 e. The van der Waals surface area contributed by atoms with Gasteiger partial charge in [0.15, 0.2) is 11.0 Å². The third-order valence-electron chi connectivity index (χ3n) is 6.24. The van der Waals surface area contributed by atoms with Gasteiger partial charge in [-0.1, -0.05) is 48.1 Å². The fourth-order valence-corrected chi connectivity index (χ4v) is 5.39. The highest BCUT2D eigenvalue weighted by atomic mass is 32.1. The van der Waals surface area contributed by atoms with Gasteiger partial charge in [0.1, 0.15) is 11.4 Å². The van der Waals surface area contributed by atoms with Crippen molar-refractivity contribution >= 4 is 38.5 Å². The highest BCUT2D eigenvalue weighted by Crippen LogP contribution is 2.31. The van der Waals surface area contributed by atoms with Crippen molar-refractivity contribution in [2.45, 2.75) is 27.2 Å². The van der Waals surface area contributed by atoms with Gasteiger partial charge in [-0.3, -0.25) is 0 Å². The number of anilines is 2. The van der Waals surface area contributed by atoms with E-state index >= 15 is 0 Å². The summed E-state index contributed by atoms with van der Waals surface area (Å²) in [7, 11) is 0. The Labute approximate surface area is 209 Å². The number of esters is 1. The molecule has 35 heavy (non-hydrogen) atoms. The summed E-state index contributed by atoms with van der Waals surface area (Å²) in [4.78, 5) is 31.4. The molecule has 2 aromatic carbocycles. The lowest BCUT2D eigenvalue weighted by molar-refractivity contribution is 0.0526. The summed E-state index contributed by atoms with van der Waals surface area (Å²) in [6.45, 7) is 9.38. The van der Waals surface area contributed by atoms with Crippen LogP contribution in [0.5, 0.6) is 0 Å². The molecule has 3 heterocycles. The topological polar surface area (TPSA) is 71.5 Å². The predicted molar refractivity (Wildman–Crippen MR) is 142 cm³/mol. The van der Waals surface area contributed by atoms with Crippen LogP contribution in [-0.2, 0) is 11.2 Å². The maximum Gasteiger partial charge on any atom is 0.343 e. The van der Waals surface area contributed by atoms with Gasteiger partial charge in [-0.15, -0.1) is 0 Å². The first kappa shape index (κ1) is 23.2. The molecule has 0 unspecified atom stereocenters. The first-order valence-corrected chi connectivity index (χ1v) is 12.9. The molecule has 0 atom stereocenters. The highest BCUT2D eigenvalue weighted by Gasteiger charge is 2.26. The van der Waals surface area contributed by atoms with Crippen LogP contribution in [0.3, 0.4) is 0 Å². The molecule has 2 aromatic heterocycles. The van der Waals surface area contributed by atoms with Crippen molar-refractivity contribution in [1.29, 1.82) is 0 Å². The van der Waals surface area contributed by atoms with E-state index in [-0.39, 0.29) is 0 Å². The maximum absolute atomic E-state index is 12.7. The lowest BCUT2D eigenvalue weighted by Crippen LogP contribution is -2.47. The van der Waals surface area contributed by atoms with E-state index < -0.39 is 5.97 Å². The molecular weight excluding hydrogens is 458 g/mol. The second-order valence-electron chi connectivity index (χ2n) is 8.65. The smallest absolute Gasteiger partial charge is 0.343 e. The summed E-state index contributed by atoms with van der Waals surface area (Å²) in [5.74, 6) is 0.849. The maximum atomic E-state index is 12.7. The Morgan fingerprint density at radius 3 is 2.57 bits per heavy atom.